The Balaban J connectivity index is 1.78. The summed E-state index contributed by atoms with van der Waals surface area (Å²) in [6, 6.07) is 11.0. The number of rotatable bonds is 5. The average molecular weight is 419 g/mol. The third-order valence-corrected chi connectivity index (χ3v) is 5.39. The van der Waals surface area contributed by atoms with Crippen LogP contribution < -0.4 is 20.1 Å². The zero-order valence-electron chi connectivity index (χ0n) is 18.2. The topological polar surface area (TPSA) is 90.3 Å². The number of hydrogen-bond acceptors (Lipinski definition) is 6. The molecule has 2 heterocycles. The highest BCUT2D eigenvalue weighted by Crippen LogP contribution is 2.38. The van der Waals surface area contributed by atoms with Crippen LogP contribution in [0.2, 0.25) is 0 Å². The minimum Gasteiger partial charge on any atom is -0.493 e. The van der Waals surface area contributed by atoms with Gasteiger partial charge in [0, 0.05) is 11.4 Å². The van der Waals surface area contributed by atoms with E-state index in [1.165, 1.54) is 6.33 Å². The monoisotopic (exact) mass is 419 g/mol. The van der Waals surface area contributed by atoms with Crippen LogP contribution in [0.4, 0.5) is 11.6 Å². The van der Waals surface area contributed by atoms with Crippen molar-refractivity contribution in [2.24, 2.45) is 0 Å². The number of hydrogen-bond donors (Lipinski definition) is 2. The lowest BCUT2D eigenvalue weighted by Gasteiger charge is -2.29. The number of nitrogens with zero attached hydrogens (tertiary/aromatic N) is 3. The van der Waals surface area contributed by atoms with Crippen LogP contribution >= 0.6 is 0 Å². The van der Waals surface area contributed by atoms with Gasteiger partial charge >= 0.3 is 0 Å². The van der Waals surface area contributed by atoms with Crippen molar-refractivity contribution in [1.82, 2.24) is 14.8 Å². The minimum absolute atomic E-state index is 0.210. The molecule has 1 amide bonds. The third kappa shape index (κ3) is 3.72. The fourth-order valence-electron chi connectivity index (χ4n) is 3.86. The van der Waals surface area contributed by atoms with Gasteiger partial charge in [-0.25, -0.2) is 4.68 Å². The molecule has 160 valence electrons. The molecule has 0 aliphatic carbocycles. The van der Waals surface area contributed by atoms with Gasteiger partial charge in [0.25, 0.3) is 5.91 Å². The maximum atomic E-state index is 13.5. The van der Waals surface area contributed by atoms with Crippen LogP contribution in [0.1, 0.15) is 29.7 Å². The summed E-state index contributed by atoms with van der Waals surface area (Å²) >= 11 is 0. The van der Waals surface area contributed by atoms with E-state index >= 15 is 0 Å². The number of carbonyl (C=O) groups is 1. The molecule has 0 bridgehead atoms. The smallest absolute Gasteiger partial charge is 0.255 e. The third-order valence-electron chi connectivity index (χ3n) is 5.39. The first-order chi connectivity index (χ1) is 14.9. The van der Waals surface area contributed by atoms with Crippen LogP contribution in [0, 0.1) is 13.8 Å². The van der Waals surface area contributed by atoms with E-state index in [0.29, 0.717) is 28.7 Å². The molecular weight excluding hydrogens is 394 g/mol. The second kappa shape index (κ2) is 8.14. The number of benzene rings is 2. The van der Waals surface area contributed by atoms with Gasteiger partial charge in [0.05, 0.1) is 19.8 Å². The summed E-state index contributed by atoms with van der Waals surface area (Å²) in [5.41, 5.74) is 5.00. The number of anilines is 2. The Labute approximate surface area is 180 Å². The van der Waals surface area contributed by atoms with Gasteiger partial charge in [-0.1, -0.05) is 23.8 Å². The Morgan fingerprint density at radius 3 is 2.55 bits per heavy atom. The number of nitrogens with one attached hydrogen (secondary N) is 2. The van der Waals surface area contributed by atoms with Crippen LogP contribution in [0.5, 0.6) is 11.5 Å². The predicted octanol–water partition coefficient (Wildman–Crippen LogP) is 3.84. The lowest BCUT2D eigenvalue weighted by Crippen LogP contribution is -2.31. The van der Waals surface area contributed by atoms with Crippen molar-refractivity contribution in [1.29, 1.82) is 0 Å². The van der Waals surface area contributed by atoms with Crippen molar-refractivity contribution < 1.29 is 14.3 Å². The van der Waals surface area contributed by atoms with Gasteiger partial charge in [0.1, 0.15) is 12.4 Å². The number of carbonyl (C=O) groups excluding carboxylic acids is 1. The standard InChI is InChI=1S/C23H25N5O3/c1-13-6-8-17(14(2)10-13)27-22(29)20-15(3)26-23-24-12-25-28(23)21(20)16-7-9-18(30-4)19(11-16)31-5/h6-12,21H,1-5H3,(H,27,29)(H,24,25,26). The molecule has 0 saturated heterocycles. The van der Waals surface area contributed by atoms with Gasteiger partial charge in [-0.3, -0.25) is 4.79 Å². The Bertz CT molecular complexity index is 1180. The molecule has 31 heavy (non-hydrogen) atoms. The molecule has 1 aliphatic rings. The van der Waals surface area contributed by atoms with Crippen molar-refractivity contribution >= 4 is 17.5 Å². The number of ether oxygens (including phenoxy) is 2. The summed E-state index contributed by atoms with van der Waals surface area (Å²) < 4.78 is 12.5. The fraction of sp³-hybridized carbons (Fsp3) is 0.261. The Kier molecular flexibility index (Phi) is 5.37. The van der Waals surface area contributed by atoms with E-state index in [4.69, 9.17) is 9.47 Å². The summed E-state index contributed by atoms with van der Waals surface area (Å²) in [6.07, 6.45) is 1.47. The minimum atomic E-state index is -0.482. The number of methoxy groups -OCH3 is 2. The first-order valence-electron chi connectivity index (χ1n) is 9.90. The van der Waals surface area contributed by atoms with Gasteiger partial charge in [-0.05, 0) is 50.1 Å². The fourth-order valence-corrected chi connectivity index (χ4v) is 3.86. The molecule has 0 fully saturated rings. The summed E-state index contributed by atoms with van der Waals surface area (Å²) in [7, 11) is 3.17. The SMILES string of the molecule is COc1ccc(C2C(C(=O)Nc3ccc(C)cc3C)=C(C)Nc3ncnn32)cc1OC. The molecule has 1 atom stereocenters. The molecule has 3 aromatic rings. The van der Waals surface area contributed by atoms with E-state index in [2.05, 4.69) is 20.7 Å². The molecule has 1 aliphatic heterocycles. The molecule has 8 heteroatoms. The summed E-state index contributed by atoms with van der Waals surface area (Å²) in [4.78, 5) is 17.8. The molecule has 2 aromatic carbocycles. The highest BCUT2D eigenvalue weighted by atomic mass is 16.5. The highest BCUT2D eigenvalue weighted by molar-refractivity contribution is 6.06. The summed E-state index contributed by atoms with van der Waals surface area (Å²) in [5, 5.41) is 10.6. The molecule has 0 radical (unpaired) electrons. The van der Waals surface area contributed by atoms with Crippen LogP contribution in [-0.4, -0.2) is 34.9 Å². The molecule has 1 unspecified atom stereocenters. The molecule has 1 aromatic heterocycles. The molecule has 8 nitrogen and oxygen atoms in total. The van der Waals surface area contributed by atoms with Gasteiger partial charge in [0.15, 0.2) is 11.5 Å². The Morgan fingerprint density at radius 2 is 1.84 bits per heavy atom. The van der Waals surface area contributed by atoms with Crippen LogP contribution in [0.15, 0.2) is 54.0 Å². The van der Waals surface area contributed by atoms with E-state index in [1.54, 1.807) is 18.9 Å². The van der Waals surface area contributed by atoms with Gasteiger partial charge in [-0.15, -0.1) is 0 Å². The van der Waals surface area contributed by atoms with Crippen molar-refractivity contribution in [3.05, 3.63) is 70.7 Å². The van der Waals surface area contributed by atoms with Crippen molar-refractivity contribution in [2.75, 3.05) is 24.9 Å². The molecule has 4 rings (SSSR count). The summed E-state index contributed by atoms with van der Waals surface area (Å²) in [6.45, 7) is 5.86. The molecule has 2 N–H and O–H groups in total. The normalized spacial score (nSPS) is 15.2. The van der Waals surface area contributed by atoms with Crippen molar-refractivity contribution in [3.63, 3.8) is 0 Å². The van der Waals surface area contributed by atoms with E-state index < -0.39 is 6.04 Å². The summed E-state index contributed by atoms with van der Waals surface area (Å²) in [5.74, 6) is 1.55. The molecular formula is C23H25N5O3. The molecule has 0 saturated carbocycles. The van der Waals surface area contributed by atoms with E-state index in [-0.39, 0.29) is 5.91 Å². The predicted molar refractivity (Wildman–Crippen MR) is 119 cm³/mol. The van der Waals surface area contributed by atoms with Gasteiger partial charge in [-0.2, -0.15) is 10.1 Å². The van der Waals surface area contributed by atoms with Crippen molar-refractivity contribution in [3.8, 4) is 11.5 Å². The largest absolute Gasteiger partial charge is 0.493 e. The Morgan fingerprint density at radius 1 is 1.06 bits per heavy atom. The second-order valence-corrected chi connectivity index (χ2v) is 7.48. The lowest BCUT2D eigenvalue weighted by atomic mass is 9.94. The number of amides is 1. The van der Waals surface area contributed by atoms with E-state index in [1.807, 2.05) is 57.2 Å². The number of fused-ring (bicyclic) bond motifs is 1. The van der Waals surface area contributed by atoms with E-state index in [0.717, 1.165) is 22.4 Å². The molecule has 0 spiro atoms. The van der Waals surface area contributed by atoms with Gasteiger partial charge < -0.3 is 20.1 Å². The quantitative estimate of drug-likeness (QED) is 0.653. The Hall–Kier alpha value is -3.81. The first kappa shape index (κ1) is 20.5. The van der Waals surface area contributed by atoms with E-state index in [9.17, 15) is 4.79 Å². The lowest BCUT2D eigenvalue weighted by molar-refractivity contribution is -0.113. The highest BCUT2D eigenvalue weighted by Gasteiger charge is 2.34. The van der Waals surface area contributed by atoms with Crippen LogP contribution in [0.25, 0.3) is 0 Å². The van der Waals surface area contributed by atoms with Crippen LogP contribution in [0.3, 0.4) is 0 Å². The number of aryl methyl sites for hydroxylation is 2. The first-order valence-corrected chi connectivity index (χ1v) is 9.90. The number of allylic oxidation sites excluding steroid dienone is 1. The van der Waals surface area contributed by atoms with Crippen molar-refractivity contribution in [2.45, 2.75) is 26.8 Å². The average Bonchev–Trinajstić information content (AvgIpc) is 3.22. The zero-order chi connectivity index (χ0) is 22.1. The zero-order valence-corrected chi connectivity index (χ0v) is 18.2. The van der Waals surface area contributed by atoms with Crippen LogP contribution in [-0.2, 0) is 4.79 Å². The maximum absolute atomic E-state index is 13.5. The van der Waals surface area contributed by atoms with Gasteiger partial charge in [0.2, 0.25) is 5.95 Å². The second-order valence-electron chi connectivity index (χ2n) is 7.48. The maximum Gasteiger partial charge on any atom is 0.255 e. The number of aromatic nitrogens is 3.